The summed E-state index contributed by atoms with van der Waals surface area (Å²) < 4.78 is 0. The second kappa shape index (κ2) is 33.0. The molecule has 0 aliphatic heterocycles. The predicted octanol–water partition coefficient (Wildman–Crippen LogP) is -4.69. The van der Waals surface area contributed by atoms with Crippen molar-refractivity contribution < 1.29 is 82.8 Å². The van der Waals surface area contributed by atoms with Gasteiger partial charge in [0.25, 0.3) is 0 Å². The summed E-state index contributed by atoms with van der Waals surface area (Å²) in [5.41, 5.74) is 22.0. The van der Waals surface area contributed by atoms with Crippen LogP contribution < -0.4 is 65.5 Å². The zero-order valence-corrected chi connectivity index (χ0v) is 42.2. The molecule has 0 saturated heterocycles. The molecule has 29 nitrogen and oxygen atoms in total. The first-order chi connectivity index (χ1) is 35.1. The van der Waals surface area contributed by atoms with Crippen LogP contribution in [0.3, 0.4) is 0 Å². The number of amides is 10. The van der Waals surface area contributed by atoms with Crippen LogP contribution in [0.1, 0.15) is 104 Å². The van der Waals surface area contributed by atoms with Crippen molar-refractivity contribution in [3.05, 3.63) is 29.8 Å². The van der Waals surface area contributed by atoms with Gasteiger partial charge in [0, 0.05) is 25.7 Å². The third kappa shape index (κ3) is 25.0. The number of carboxylic acids is 3. The fourth-order valence-corrected chi connectivity index (χ4v) is 6.87. The van der Waals surface area contributed by atoms with E-state index in [9.17, 15) is 82.8 Å². The van der Waals surface area contributed by atoms with E-state index in [0.29, 0.717) is 18.4 Å². The summed E-state index contributed by atoms with van der Waals surface area (Å²) in [4.78, 5) is 167. The van der Waals surface area contributed by atoms with Crippen LogP contribution in [0, 0.1) is 5.92 Å². The highest BCUT2D eigenvalue weighted by Crippen LogP contribution is 2.14. The Hall–Kier alpha value is -7.95. The summed E-state index contributed by atoms with van der Waals surface area (Å²) in [6, 6.07) is -8.71. The molecule has 418 valence electrons. The number of hydrogen-bond donors (Lipinski definition) is 16. The maximum atomic E-state index is 14.1. The monoisotopic (exact) mass is 1060 g/mol. The third-order valence-corrected chi connectivity index (χ3v) is 11.4. The maximum Gasteiger partial charge on any atom is 0.326 e. The molecule has 0 radical (unpaired) electrons. The second-order valence-electron chi connectivity index (χ2n) is 17.8. The molecule has 0 spiro atoms. The lowest BCUT2D eigenvalue weighted by atomic mass is 9.97. The Morgan fingerprint density at radius 2 is 0.947 bits per heavy atom. The van der Waals surface area contributed by atoms with Gasteiger partial charge in [-0.2, -0.15) is 0 Å². The lowest BCUT2D eigenvalue weighted by Crippen LogP contribution is -2.61. The van der Waals surface area contributed by atoms with E-state index >= 15 is 0 Å². The lowest BCUT2D eigenvalue weighted by molar-refractivity contribution is -0.143. The van der Waals surface area contributed by atoms with E-state index in [1.807, 2.05) is 0 Å². The summed E-state index contributed by atoms with van der Waals surface area (Å²) in [5, 5.41) is 57.4. The zero-order valence-electron chi connectivity index (χ0n) is 42.2. The molecule has 10 atom stereocenters. The summed E-state index contributed by atoms with van der Waals surface area (Å²) in [7, 11) is 0. The fraction of sp³-hybridized carbons (Fsp3) is 0.587. The van der Waals surface area contributed by atoms with Gasteiger partial charge in [-0.15, -0.1) is 0 Å². The number of hydrogen-bond acceptors (Lipinski definition) is 16. The van der Waals surface area contributed by atoms with Gasteiger partial charge in [0.2, 0.25) is 59.1 Å². The molecule has 20 N–H and O–H groups in total. The van der Waals surface area contributed by atoms with Gasteiger partial charge >= 0.3 is 17.9 Å². The van der Waals surface area contributed by atoms with E-state index in [1.54, 1.807) is 6.92 Å². The minimum atomic E-state index is -2.01. The van der Waals surface area contributed by atoms with E-state index in [-0.39, 0.29) is 44.4 Å². The molecule has 0 fully saturated rings. The minimum absolute atomic E-state index is 0.00394. The molecule has 0 heterocycles. The minimum Gasteiger partial charge on any atom is -0.508 e. The van der Waals surface area contributed by atoms with Crippen molar-refractivity contribution in [3.63, 3.8) is 0 Å². The van der Waals surface area contributed by atoms with Crippen LogP contribution in [0.25, 0.3) is 0 Å². The number of aromatic hydroxyl groups is 1. The summed E-state index contributed by atoms with van der Waals surface area (Å²) >= 11 is 0. The quantitative estimate of drug-likeness (QED) is 0.0281. The number of phenolic OH excluding ortho intramolecular Hbond substituents is 1. The molecular weight excluding hydrogens is 993 g/mol. The molecule has 75 heavy (non-hydrogen) atoms. The van der Waals surface area contributed by atoms with Crippen LogP contribution in [0.4, 0.5) is 0 Å². The van der Waals surface area contributed by atoms with Gasteiger partial charge in [-0.1, -0.05) is 32.4 Å². The smallest absolute Gasteiger partial charge is 0.326 e. The molecule has 0 bridgehead atoms. The Kier molecular flexibility index (Phi) is 28.6. The highest BCUT2D eigenvalue weighted by atomic mass is 16.4. The molecular formula is C46H72N12O17. The first-order valence-corrected chi connectivity index (χ1v) is 24.0. The molecule has 1 aromatic rings. The van der Waals surface area contributed by atoms with Crippen LogP contribution in [0.15, 0.2) is 24.3 Å². The number of phenols is 1. The molecule has 1 aromatic carbocycles. The van der Waals surface area contributed by atoms with Crippen LogP contribution in [-0.4, -0.2) is 158 Å². The summed E-state index contributed by atoms with van der Waals surface area (Å²) in [6.07, 6.45) is -3.46. The van der Waals surface area contributed by atoms with Crippen LogP contribution in [0.2, 0.25) is 0 Å². The highest BCUT2D eigenvalue weighted by molar-refractivity contribution is 5.99. The zero-order chi connectivity index (χ0) is 57.1. The molecule has 0 aliphatic rings. The second-order valence-corrected chi connectivity index (χ2v) is 17.8. The van der Waals surface area contributed by atoms with Crippen molar-refractivity contribution in [2.45, 2.75) is 159 Å². The van der Waals surface area contributed by atoms with Gasteiger partial charge in [-0.05, 0) is 82.5 Å². The van der Waals surface area contributed by atoms with E-state index < -0.39 is 169 Å². The van der Waals surface area contributed by atoms with Crippen LogP contribution >= 0.6 is 0 Å². The number of aliphatic carboxylic acids is 3. The number of benzene rings is 1. The highest BCUT2D eigenvalue weighted by Gasteiger charge is 2.36. The molecule has 0 unspecified atom stereocenters. The number of carbonyl (C=O) groups excluding carboxylic acids is 10. The average Bonchev–Trinajstić information content (AvgIpc) is 3.33. The topological polar surface area (TPSA) is 503 Å². The average molecular weight is 1070 g/mol. The van der Waals surface area contributed by atoms with Crippen molar-refractivity contribution in [1.82, 2.24) is 42.5 Å². The molecule has 0 saturated carbocycles. The molecule has 1 rings (SSSR count). The fourth-order valence-electron chi connectivity index (χ4n) is 6.87. The number of carbonyl (C=O) groups is 13. The van der Waals surface area contributed by atoms with E-state index in [1.165, 1.54) is 45.0 Å². The van der Waals surface area contributed by atoms with Crippen molar-refractivity contribution in [2.24, 2.45) is 28.9 Å². The normalized spacial score (nSPS) is 14.9. The number of rotatable bonds is 36. The molecule has 29 heteroatoms. The molecule has 0 aromatic heterocycles. The molecule has 10 amide bonds. The van der Waals surface area contributed by atoms with E-state index in [0.717, 1.165) is 0 Å². The summed E-state index contributed by atoms with van der Waals surface area (Å²) in [6.45, 7) is 5.90. The maximum absolute atomic E-state index is 14.1. The number of unbranched alkanes of at least 4 members (excludes halogenated alkanes) is 1. The summed E-state index contributed by atoms with van der Waals surface area (Å²) in [5.74, 6) is -15.6. The standard InChI is InChI=1S/C46H72N12O17/c1-5-22(2)37(45(73)51-24(4)39(67)53-28(14-17-34(50)61)40(68)55-30(46(74)75)8-6-7-19-47)58-44(72)32(21-36(64)65)57-42(70)29(15-18-35(62)63)54-43(71)31(20-25-9-11-26(59)12-10-25)56-41(69)27(13-16-33(49)60)52-38(66)23(3)48/h9-12,22-24,27-32,37,59H,5-8,13-21,47-48H2,1-4H3,(H2,49,60)(H2,50,61)(H,51,73)(H,52,66)(H,53,67)(H,54,71)(H,55,68)(H,56,69)(H,57,70)(H,58,72)(H,62,63)(H,64,65)(H,74,75)/t22-,23-,24-,27-,28-,29-,30-,31-,32-,37-/m0/s1. The van der Waals surface area contributed by atoms with Gasteiger partial charge in [-0.3, -0.25) is 57.5 Å². The van der Waals surface area contributed by atoms with Gasteiger partial charge in [0.1, 0.15) is 54.1 Å². The lowest BCUT2D eigenvalue weighted by Gasteiger charge is -2.29. The van der Waals surface area contributed by atoms with Gasteiger partial charge in [0.05, 0.1) is 12.5 Å². The van der Waals surface area contributed by atoms with Gasteiger partial charge in [0.15, 0.2) is 0 Å². The van der Waals surface area contributed by atoms with Crippen LogP contribution in [0.5, 0.6) is 5.75 Å². The van der Waals surface area contributed by atoms with E-state index in [4.69, 9.17) is 22.9 Å². The Morgan fingerprint density at radius 3 is 1.40 bits per heavy atom. The molecule has 0 aliphatic carbocycles. The Labute approximate surface area is 431 Å². The Morgan fingerprint density at radius 1 is 0.507 bits per heavy atom. The largest absolute Gasteiger partial charge is 0.508 e. The van der Waals surface area contributed by atoms with Crippen molar-refractivity contribution in [1.29, 1.82) is 0 Å². The Bertz CT molecular complexity index is 2190. The first kappa shape index (κ1) is 65.1. The number of carboxylic acid groups (broad SMARTS) is 3. The number of nitrogens with one attached hydrogen (secondary N) is 8. The van der Waals surface area contributed by atoms with Gasteiger partial charge < -0.3 is 85.9 Å². The number of primary amides is 2. The van der Waals surface area contributed by atoms with Crippen molar-refractivity contribution in [2.75, 3.05) is 6.54 Å². The third-order valence-electron chi connectivity index (χ3n) is 11.4. The SMILES string of the molecule is CC[C@H](C)[C@H](NC(=O)[C@H](CC(=O)O)NC(=O)[C@H](CCC(=O)O)NC(=O)[C@H](Cc1ccc(O)cc1)NC(=O)[C@H](CCC(N)=O)NC(=O)[C@H](C)N)C(=O)N[C@@H](C)C(=O)N[C@@H](CCC(N)=O)C(=O)N[C@@H](CCCCN)C(=O)O. The predicted molar refractivity (Wildman–Crippen MR) is 263 cm³/mol. The first-order valence-electron chi connectivity index (χ1n) is 24.0. The van der Waals surface area contributed by atoms with Crippen LogP contribution in [-0.2, 0) is 68.7 Å². The van der Waals surface area contributed by atoms with E-state index in [2.05, 4.69) is 42.5 Å². The number of nitrogens with two attached hydrogens (primary N) is 4. The van der Waals surface area contributed by atoms with Crippen molar-refractivity contribution >= 4 is 77.0 Å². The van der Waals surface area contributed by atoms with Gasteiger partial charge in [-0.25, -0.2) is 4.79 Å². The Balaban J connectivity index is 3.49. The van der Waals surface area contributed by atoms with Crippen molar-refractivity contribution in [3.8, 4) is 5.75 Å².